The van der Waals surface area contributed by atoms with Gasteiger partial charge in [-0.05, 0) is 60.9 Å². The van der Waals surface area contributed by atoms with E-state index in [0.717, 1.165) is 27.3 Å². The number of thioether (sulfide) groups is 1. The Balaban J connectivity index is 2.10. The lowest BCUT2D eigenvalue weighted by molar-refractivity contribution is 0.203. The van der Waals surface area contributed by atoms with Gasteiger partial charge in [0, 0.05) is 10.6 Å². The first-order valence-corrected chi connectivity index (χ1v) is 7.71. The number of halogens is 1. The molecule has 1 atom stereocenters. The third-order valence-corrected chi connectivity index (χ3v) is 4.42. The summed E-state index contributed by atoms with van der Waals surface area (Å²) in [5, 5.41) is 10.4. The van der Waals surface area contributed by atoms with E-state index in [-0.39, 0.29) is 5.82 Å². The minimum absolute atomic E-state index is 0.258. The number of aliphatic hydroxyl groups excluding tert-OH is 1. The van der Waals surface area contributed by atoms with Crippen LogP contribution in [-0.2, 0) is 0 Å². The average molecular weight is 306 g/mol. The van der Waals surface area contributed by atoms with Crippen LogP contribution in [0, 0.1) is 19.7 Å². The summed E-state index contributed by atoms with van der Waals surface area (Å²) in [4.78, 5) is 0.817. The van der Waals surface area contributed by atoms with Gasteiger partial charge in [0.2, 0.25) is 0 Å². The molecule has 21 heavy (non-hydrogen) atoms. The molecule has 2 aromatic rings. The SMILES string of the molecule is COc1cc(C)c(C(O)CSc2cccc(F)c2)cc1C. The molecule has 0 aliphatic heterocycles. The number of hydrogen-bond acceptors (Lipinski definition) is 3. The maximum Gasteiger partial charge on any atom is 0.124 e. The zero-order valence-electron chi connectivity index (χ0n) is 12.4. The highest BCUT2D eigenvalue weighted by atomic mass is 32.2. The minimum Gasteiger partial charge on any atom is -0.496 e. The standard InChI is InChI=1S/C17H19FO2S/c1-11-8-17(20-3)12(2)7-15(11)16(19)10-21-14-6-4-5-13(18)9-14/h4-9,16,19H,10H2,1-3H3. The van der Waals surface area contributed by atoms with Gasteiger partial charge in [0.1, 0.15) is 11.6 Å². The third-order valence-electron chi connectivity index (χ3n) is 3.35. The van der Waals surface area contributed by atoms with E-state index < -0.39 is 6.10 Å². The lowest BCUT2D eigenvalue weighted by Gasteiger charge is -2.16. The maximum absolute atomic E-state index is 13.1. The van der Waals surface area contributed by atoms with Crippen LogP contribution in [0.1, 0.15) is 22.8 Å². The lowest BCUT2D eigenvalue weighted by atomic mass is 10.0. The van der Waals surface area contributed by atoms with Crippen molar-refractivity contribution in [3.8, 4) is 5.75 Å². The largest absolute Gasteiger partial charge is 0.496 e. The van der Waals surface area contributed by atoms with E-state index in [4.69, 9.17) is 4.74 Å². The number of benzene rings is 2. The molecule has 0 bridgehead atoms. The Kier molecular flexibility index (Phi) is 5.26. The second kappa shape index (κ2) is 6.96. The van der Waals surface area contributed by atoms with Crippen LogP contribution in [0.3, 0.4) is 0 Å². The monoisotopic (exact) mass is 306 g/mol. The first kappa shape index (κ1) is 15.9. The van der Waals surface area contributed by atoms with Crippen LogP contribution in [0.4, 0.5) is 4.39 Å². The normalized spacial score (nSPS) is 12.2. The molecule has 0 spiro atoms. The molecule has 2 rings (SSSR count). The summed E-state index contributed by atoms with van der Waals surface area (Å²) in [6, 6.07) is 10.3. The maximum atomic E-state index is 13.1. The van der Waals surface area contributed by atoms with Crippen LogP contribution >= 0.6 is 11.8 Å². The number of aliphatic hydroxyl groups is 1. The second-order valence-electron chi connectivity index (χ2n) is 4.96. The van der Waals surface area contributed by atoms with Gasteiger partial charge in [-0.2, -0.15) is 0 Å². The molecule has 0 aliphatic carbocycles. The van der Waals surface area contributed by atoms with Crippen molar-refractivity contribution in [2.24, 2.45) is 0 Å². The summed E-state index contributed by atoms with van der Waals surface area (Å²) in [6.07, 6.45) is -0.595. The summed E-state index contributed by atoms with van der Waals surface area (Å²) >= 11 is 1.44. The van der Waals surface area contributed by atoms with Crippen LogP contribution in [0.2, 0.25) is 0 Å². The van der Waals surface area contributed by atoms with Crippen molar-refractivity contribution >= 4 is 11.8 Å². The quantitative estimate of drug-likeness (QED) is 0.836. The van der Waals surface area contributed by atoms with Crippen molar-refractivity contribution in [2.75, 3.05) is 12.9 Å². The molecule has 1 N–H and O–H groups in total. The predicted molar refractivity (Wildman–Crippen MR) is 84.6 cm³/mol. The Morgan fingerprint density at radius 1 is 1.19 bits per heavy atom. The molecule has 112 valence electrons. The molecule has 2 nitrogen and oxygen atoms in total. The van der Waals surface area contributed by atoms with Crippen molar-refractivity contribution in [1.29, 1.82) is 0 Å². The van der Waals surface area contributed by atoms with Gasteiger partial charge >= 0.3 is 0 Å². The van der Waals surface area contributed by atoms with E-state index in [1.807, 2.05) is 32.0 Å². The highest BCUT2D eigenvalue weighted by Crippen LogP contribution is 2.30. The second-order valence-corrected chi connectivity index (χ2v) is 6.06. The highest BCUT2D eigenvalue weighted by Gasteiger charge is 2.13. The summed E-state index contributed by atoms with van der Waals surface area (Å²) in [5.74, 6) is 1.04. The van der Waals surface area contributed by atoms with Gasteiger partial charge < -0.3 is 9.84 Å². The molecular weight excluding hydrogens is 287 g/mol. The van der Waals surface area contributed by atoms with E-state index in [1.54, 1.807) is 13.2 Å². The molecule has 2 aromatic carbocycles. The van der Waals surface area contributed by atoms with Crippen molar-refractivity contribution in [3.05, 3.63) is 58.9 Å². The molecule has 4 heteroatoms. The van der Waals surface area contributed by atoms with E-state index in [2.05, 4.69) is 0 Å². The Morgan fingerprint density at radius 2 is 1.95 bits per heavy atom. The lowest BCUT2D eigenvalue weighted by Crippen LogP contribution is -2.04. The van der Waals surface area contributed by atoms with Gasteiger partial charge in [0.15, 0.2) is 0 Å². The summed E-state index contributed by atoms with van der Waals surface area (Å²) < 4.78 is 18.4. The molecule has 0 aliphatic rings. The van der Waals surface area contributed by atoms with Crippen LogP contribution in [0.25, 0.3) is 0 Å². The molecule has 0 fully saturated rings. The predicted octanol–water partition coefficient (Wildman–Crippen LogP) is 4.28. The van der Waals surface area contributed by atoms with Crippen molar-refractivity contribution in [2.45, 2.75) is 24.8 Å². The Bertz CT molecular complexity index is 628. The van der Waals surface area contributed by atoms with Gasteiger partial charge in [0.25, 0.3) is 0 Å². The van der Waals surface area contributed by atoms with Gasteiger partial charge in [-0.1, -0.05) is 6.07 Å². The molecular formula is C17H19FO2S. The minimum atomic E-state index is -0.595. The van der Waals surface area contributed by atoms with Gasteiger partial charge in [0.05, 0.1) is 13.2 Å². The fourth-order valence-corrected chi connectivity index (χ4v) is 3.11. The number of rotatable bonds is 5. The summed E-state index contributed by atoms with van der Waals surface area (Å²) in [7, 11) is 1.64. The van der Waals surface area contributed by atoms with E-state index in [1.165, 1.54) is 23.9 Å². The summed E-state index contributed by atoms with van der Waals surface area (Å²) in [6.45, 7) is 3.90. The fourth-order valence-electron chi connectivity index (χ4n) is 2.21. The van der Waals surface area contributed by atoms with Crippen LogP contribution in [0.15, 0.2) is 41.3 Å². The average Bonchev–Trinajstić information content (AvgIpc) is 2.46. The van der Waals surface area contributed by atoms with E-state index in [9.17, 15) is 9.50 Å². The van der Waals surface area contributed by atoms with E-state index in [0.29, 0.717) is 5.75 Å². The fraction of sp³-hybridized carbons (Fsp3) is 0.294. The molecule has 0 saturated heterocycles. The van der Waals surface area contributed by atoms with Crippen molar-refractivity contribution < 1.29 is 14.2 Å². The smallest absolute Gasteiger partial charge is 0.124 e. The van der Waals surface area contributed by atoms with Gasteiger partial charge in [-0.15, -0.1) is 11.8 Å². The molecule has 0 amide bonds. The molecule has 0 aromatic heterocycles. The third kappa shape index (κ3) is 3.99. The van der Waals surface area contributed by atoms with Crippen LogP contribution in [-0.4, -0.2) is 18.0 Å². The van der Waals surface area contributed by atoms with Gasteiger partial charge in [-0.25, -0.2) is 4.39 Å². The molecule has 0 heterocycles. The van der Waals surface area contributed by atoms with Crippen molar-refractivity contribution in [3.63, 3.8) is 0 Å². The highest BCUT2D eigenvalue weighted by molar-refractivity contribution is 7.99. The van der Waals surface area contributed by atoms with Gasteiger partial charge in [-0.3, -0.25) is 0 Å². The number of ether oxygens (including phenoxy) is 1. The zero-order chi connectivity index (χ0) is 15.4. The Labute approximate surface area is 129 Å². The van der Waals surface area contributed by atoms with Crippen LogP contribution in [0.5, 0.6) is 5.75 Å². The first-order chi connectivity index (χ1) is 10.0. The summed E-state index contributed by atoms with van der Waals surface area (Å²) in [5.41, 5.74) is 2.87. The number of hydrogen-bond donors (Lipinski definition) is 1. The Hall–Kier alpha value is -1.52. The first-order valence-electron chi connectivity index (χ1n) is 6.73. The van der Waals surface area contributed by atoms with Crippen molar-refractivity contribution in [1.82, 2.24) is 0 Å². The molecule has 0 saturated carbocycles. The Morgan fingerprint density at radius 3 is 2.62 bits per heavy atom. The number of aryl methyl sites for hydroxylation is 2. The van der Waals surface area contributed by atoms with E-state index >= 15 is 0 Å². The molecule has 1 unspecified atom stereocenters. The number of methoxy groups -OCH3 is 1. The molecule has 0 radical (unpaired) electrons. The van der Waals surface area contributed by atoms with Crippen LogP contribution < -0.4 is 4.74 Å². The topological polar surface area (TPSA) is 29.5 Å². The zero-order valence-corrected chi connectivity index (χ0v) is 13.2.